The van der Waals surface area contributed by atoms with Crippen LogP contribution in [0.4, 0.5) is 5.00 Å². The van der Waals surface area contributed by atoms with E-state index < -0.39 is 0 Å². The van der Waals surface area contributed by atoms with Gasteiger partial charge in [0.15, 0.2) is 0 Å². The lowest BCUT2D eigenvalue weighted by Gasteiger charge is -1.97. The number of thiazole rings is 1. The summed E-state index contributed by atoms with van der Waals surface area (Å²) in [5.74, 6) is 2.79. The Bertz CT molecular complexity index is 282. The summed E-state index contributed by atoms with van der Waals surface area (Å²) in [6.07, 6.45) is 1.01. The molecule has 0 aliphatic rings. The Morgan fingerprint density at radius 3 is 2.71 bits per heavy atom. The summed E-state index contributed by atoms with van der Waals surface area (Å²) in [6.45, 7) is 6.49. The Hall–Kier alpha value is -0.220. The van der Waals surface area contributed by atoms with Gasteiger partial charge in [-0.05, 0) is 11.5 Å². The molecule has 0 atom stereocenters. The lowest BCUT2D eigenvalue weighted by atomic mass is 10.2. The van der Waals surface area contributed by atoms with Crippen molar-refractivity contribution in [2.75, 3.05) is 17.2 Å². The summed E-state index contributed by atoms with van der Waals surface area (Å²) in [5, 5.41) is 2.07. The predicted molar refractivity (Wildman–Crippen MR) is 67.3 cm³/mol. The van der Waals surface area contributed by atoms with Crippen LogP contribution in [0.15, 0.2) is 0 Å². The van der Waals surface area contributed by atoms with Crippen LogP contribution >= 0.6 is 23.1 Å². The molecule has 0 saturated heterocycles. The van der Waals surface area contributed by atoms with E-state index in [2.05, 4.69) is 25.8 Å². The summed E-state index contributed by atoms with van der Waals surface area (Å²) in [6, 6.07) is 0. The van der Waals surface area contributed by atoms with Crippen molar-refractivity contribution in [2.45, 2.75) is 33.1 Å². The van der Waals surface area contributed by atoms with Crippen molar-refractivity contribution in [1.82, 2.24) is 4.98 Å². The van der Waals surface area contributed by atoms with Gasteiger partial charge in [0.2, 0.25) is 0 Å². The molecular formula is C10H18N2S2. The van der Waals surface area contributed by atoms with Gasteiger partial charge >= 0.3 is 0 Å². The smallest absolute Gasteiger partial charge is 0.109 e. The first-order chi connectivity index (χ1) is 6.65. The zero-order valence-electron chi connectivity index (χ0n) is 9.04. The molecule has 0 fully saturated rings. The molecule has 4 heteroatoms. The van der Waals surface area contributed by atoms with E-state index in [0.29, 0.717) is 5.92 Å². The van der Waals surface area contributed by atoms with Crippen molar-refractivity contribution in [3.63, 3.8) is 0 Å². The fraction of sp³-hybridized carbons (Fsp3) is 0.700. The molecule has 14 heavy (non-hydrogen) atoms. The van der Waals surface area contributed by atoms with Gasteiger partial charge in [-0.15, -0.1) is 11.3 Å². The fourth-order valence-corrected chi connectivity index (χ4v) is 2.63. The maximum atomic E-state index is 5.91. The van der Waals surface area contributed by atoms with Crippen LogP contribution in [0, 0.1) is 0 Å². The number of nitrogens with two attached hydrogens (primary N) is 1. The van der Waals surface area contributed by atoms with Gasteiger partial charge in [0.1, 0.15) is 5.00 Å². The number of aromatic nitrogens is 1. The monoisotopic (exact) mass is 230 g/mol. The molecule has 0 amide bonds. The standard InChI is InChI=1S/C10H18N2S2/c1-4-13-6-5-8-9(11)14-10(12-8)7(2)3/h7H,4-6,11H2,1-3H3. The maximum absolute atomic E-state index is 5.91. The lowest BCUT2D eigenvalue weighted by molar-refractivity contribution is 0.841. The van der Waals surface area contributed by atoms with Crippen LogP contribution in [-0.2, 0) is 6.42 Å². The minimum absolute atomic E-state index is 0.495. The number of hydrogen-bond acceptors (Lipinski definition) is 4. The summed E-state index contributed by atoms with van der Waals surface area (Å²) in [5.41, 5.74) is 7.01. The van der Waals surface area contributed by atoms with Crippen LogP contribution in [0.3, 0.4) is 0 Å². The molecule has 0 aliphatic carbocycles. The Balaban J connectivity index is 2.58. The van der Waals surface area contributed by atoms with Crippen molar-refractivity contribution in [3.05, 3.63) is 10.7 Å². The molecule has 80 valence electrons. The lowest BCUT2D eigenvalue weighted by Crippen LogP contribution is -1.95. The normalized spacial score (nSPS) is 11.1. The molecule has 0 spiro atoms. The molecule has 1 heterocycles. The number of rotatable bonds is 5. The van der Waals surface area contributed by atoms with Gasteiger partial charge in [0.05, 0.1) is 10.7 Å². The molecule has 2 N–H and O–H groups in total. The predicted octanol–water partition coefficient (Wildman–Crippen LogP) is 3.14. The first-order valence-corrected chi connectivity index (χ1v) is 6.95. The molecule has 0 bridgehead atoms. The van der Waals surface area contributed by atoms with E-state index in [1.807, 2.05) is 11.8 Å². The minimum atomic E-state index is 0.495. The van der Waals surface area contributed by atoms with E-state index >= 15 is 0 Å². The molecular weight excluding hydrogens is 212 g/mol. The third-order valence-electron chi connectivity index (χ3n) is 1.93. The number of nitrogen functional groups attached to an aromatic ring is 1. The van der Waals surface area contributed by atoms with E-state index in [-0.39, 0.29) is 0 Å². The summed E-state index contributed by atoms with van der Waals surface area (Å²) in [4.78, 5) is 4.56. The van der Waals surface area contributed by atoms with Gasteiger partial charge in [0, 0.05) is 12.3 Å². The minimum Gasteiger partial charge on any atom is -0.389 e. The second kappa shape index (κ2) is 5.61. The van der Waals surface area contributed by atoms with E-state index in [0.717, 1.165) is 22.9 Å². The number of anilines is 1. The summed E-state index contributed by atoms with van der Waals surface area (Å²) < 4.78 is 0. The Morgan fingerprint density at radius 2 is 2.21 bits per heavy atom. The van der Waals surface area contributed by atoms with E-state index in [9.17, 15) is 0 Å². The number of aryl methyl sites for hydroxylation is 1. The molecule has 0 saturated carbocycles. The first-order valence-electron chi connectivity index (χ1n) is 4.98. The average molecular weight is 230 g/mol. The van der Waals surface area contributed by atoms with Gasteiger partial charge in [-0.2, -0.15) is 11.8 Å². The van der Waals surface area contributed by atoms with Gasteiger partial charge in [-0.1, -0.05) is 20.8 Å². The second-order valence-corrected chi connectivity index (χ2v) is 5.92. The third-order valence-corrected chi connectivity index (χ3v) is 4.05. The Kier molecular flexibility index (Phi) is 4.75. The average Bonchev–Trinajstić information content (AvgIpc) is 2.49. The highest BCUT2D eigenvalue weighted by atomic mass is 32.2. The van der Waals surface area contributed by atoms with Crippen molar-refractivity contribution in [1.29, 1.82) is 0 Å². The zero-order chi connectivity index (χ0) is 10.6. The maximum Gasteiger partial charge on any atom is 0.109 e. The highest BCUT2D eigenvalue weighted by Gasteiger charge is 2.10. The van der Waals surface area contributed by atoms with Gasteiger partial charge in [-0.3, -0.25) is 0 Å². The Labute approximate surface area is 94.3 Å². The SMILES string of the molecule is CCSCCc1nc(C(C)C)sc1N. The fourth-order valence-electron chi connectivity index (χ4n) is 1.12. The highest BCUT2D eigenvalue weighted by molar-refractivity contribution is 7.99. The first kappa shape index (κ1) is 11.9. The van der Waals surface area contributed by atoms with Crippen LogP contribution in [0.1, 0.15) is 37.4 Å². The topological polar surface area (TPSA) is 38.9 Å². The van der Waals surface area contributed by atoms with E-state index in [1.165, 1.54) is 10.8 Å². The molecule has 0 unspecified atom stereocenters. The zero-order valence-corrected chi connectivity index (χ0v) is 10.7. The van der Waals surface area contributed by atoms with Crippen LogP contribution in [0.2, 0.25) is 0 Å². The number of hydrogen-bond donors (Lipinski definition) is 1. The summed E-state index contributed by atoms with van der Waals surface area (Å²) in [7, 11) is 0. The van der Waals surface area contributed by atoms with E-state index in [4.69, 9.17) is 5.73 Å². The van der Waals surface area contributed by atoms with Gasteiger partial charge < -0.3 is 5.73 Å². The molecule has 1 rings (SSSR count). The Morgan fingerprint density at radius 1 is 1.50 bits per heavy atom. The third kappa shape index (κ3) is 3.17. The van der Waals surface area contributed by atoms with Crippen molar-refractivity contribution < 1.29 is 0 Å². The molecule has 0 radical (unpaired) electrons. The largest absolute Gasteiger partial charge is 0.389 e. The molecule has 0 aromatic carbocycles. The molecule has 1 aromatic rings. The van der Waals surface area contributed by atoms with Gasteiger partial charge in [0.25, 0.3) is 0 Å². The molecule has 1 aromatic heterocycles. The van der Waals surface area contributed by atoms with Crippen molar-refractivity contribution in [2.24, 2.45) is 0 Å². The van der Waals surface area contributed by atoms with Crippen molar-refractivity contribution >= 4 is 28.1 Å². The molecule has 2 nitrogen and oxygen atoms in total. The van der Waals surface area contributed by atoms with Crippen LogP contribution < -0.4 is 5.73 Å². The van der Waals surface area contributed by atoms with Gasteiger partial charge in [-0.25, -0.2) is 4.98 Å². The van der Waals surface area contributed by atoms with Crippen molar-refractivity contribution in [3.8, 4) is 0 Å². The van der Waals surface area contributed by atoms with E-state index in [1.54, 1.807) is 11.3 Å². The number of nitrogens with zero attached hydrogens (tertiary/aromatic N) is 1. The quantitative estimate of drug-likeness (QED) is 0.790. The molecule has 0 aliphatic heterocycles. The van der Waals surface area contributed by atoms with Crippen LogP contribution in [-0.4, -0.2) is 16.5 Å². The highest BCUT2D eigenvalue weighted by Crippen LogP contribution is 2.27. The summed E-state index contributed by atoms with van der Waals surface area (Å²) >= 11 is 3.58. The van der Waals surface area contributed by atoms with Crippen LogP contribution in [0.5, 0.6) is 0 Å². The van der Waals surface area contributed by atoms with Crippen LogP contribution in [0.25, 0.3) is 0 Å². The second-order valence-electron chi connectivity index (χ2n) is 3.46. The number of thioether (sulfide) groups is 1.